The van der Waals surface area contributed by atoms with E-state index in [2.05, 4.69) is 60.0 Å². The SMILES string of the molecule is C.C.COC(=O)C1CN(Cc2ccccc2)C[C@H]1C.C[C@@H]1CN(Cc2ccccc2)CC1C(=N)N. The number of likely N-dealkylation sites (tertiary alicyclic amines) is 2. The molecule has 0 saturated carbocycles. The van der Waals surface area contributed by atoms with E-state index in [-0.39, 0.29) is 32.7 Å². The van der Waals surface area contributed by atoms with E-state index < -0.39 is 0 Å². The largest absolute Gasteiger partial charge is 0.469 e. The lowest BCUT2D eigenvalue weighted by Crippen LogP contribution is -2.28. The van der Waals surface area contributed by atoms with Crippen molar-refractivity contribution in [2.24, 2.45) is 29.4 Å². The first kappa shape index (κ1) is 30.3. The van der Waals surface area contributed by atoms with E-state index in [1.165, 1.54) is 18.2 Å². The maximum Gasteiger partial charge on any atom is 0.310 e. The van der Waals surface area contributed by atoms with Crippen LogP contribution in [0, 0.1) is 29.1 Å². The maximum atomic E-state index is 11.6. The molecule has 0 radical (unpaired) electrons. The molecule has 3 N–H and O–H groups in total. The van der Waals surface area contributed by atoms with Crippen LogP contribution in [0.2, 0.25) is 0 Å². The predicted octanol–water partition coefficient (Wildman–Crippen LogP) is 4.89. The van der Waals surface area contributed by atoms with Crippen molar-refractivity contribution in [2.75, 3.05) is 33.3 Å². The molecule has 0 bridgehead atoms. The van der Waals surface area contributed by atoms with Crippen LogP contribution in [0.5, 0.6) is 0 Å². The van der Waals surface area contributed by atoms with Crippen molar-refractivity contribution in [1.29, 1.82) is 5.41 Å². The van der Waals surface area contributed by atoms with Crippen molar-refractivity contribution in [3.63, 3.8) is 0 Å². The van der Waals surface area contributed by atoms with Gasteiger partial charge in [-0.1, -0.05) is 89.4 Å². The molecule has 4 atom stereocenters. The molecular weight excluding hydrogens is 436 g/mol. The number of hydrogen-bond donors (Lipinski definition) is 2. The Hall–Kier alpha value is -2.70. The summed E-state index contributed by atoms with van der Waals surface area (Å²) in [6.45, 7) is 9.92. The lowest BCUT2D eigenvalue weighted by atomic mass is 9.97. The number of nitrogens with two attached hydrogens (primary N) is 1. The molecular formula is C29H46N4O2. The molecule has 0 spiro atoms. The molecule has 194 valence electrons. The van der Waals surface area contributed by atoms with Crippen LogP contribution < -0.4 is 5.73 Å². The summed E-state index contributed by atoms with van der Waals surface area (Å²) in [6, 6.07) is 20.8. The summed E-state index contributed by atoms with van der Waals surface area (Å²) < 4.78 is 4.84. The van der Waals surface area contributed by atoms with Crippen molar-refractivity contribution in [1.82, 2.24) is 9.80 Å². The van der Waals surface area contributed by atoms with E-state index in [1.807, 2.05) is 24.3 Å². The zero-order valence-electron chi connectivity index (χ0n) is 20.1. The zero-order valence-corrected chi connectivity index (χ0v) is 20.1. The monoisotopic (exact) mass is 482 g/mol. The van der Waals surface area contributed by atoms with Gasteiger partial charge in [-0.2, -0.15) is 0 Å². The Kier molecular flexibility index (Phi) is 12.7. The maximum absolute atomic E-state index is 11.6. The average Bonchev–Trinajstić information content (AvgIpc) is 3.36. The number of methoxy groups -OCH3 is 1. The van der Waals surface area contributed by atoms with Gasteiger partial charge in [-0.05, 0) is 23.0 Å². The van der Waals surface area contributed by atoms with Gasteiger partial charge in [0, 0.05) is 45.2 Å². The molecule has 2 heterocycles. The highest BCUT2D eigenvalue weighted by atomic mass is 16.5. The highest BCUT2D eigenvalue weighted by molar-refractivity contribution is 5.80. The minimum atomic E-state index is -0.0759. The fourth-order valence-corrected chi connectivity index (χ4v) is 4.94. The van der Waals surface area contributed by atoms with Gasteiger partial charge in [0.1, 0.15) is 0 Å². The van der Waals surface area contributed by atoms with Crippen LogP contribution in [0.15, 0.2) is 60.7 Å². The van der Waals surface area contributed by atoms with Gasteiger partial charge < -0.3 is 10.5 Å². The van der Waals surface area contributed by atoms with Crippen molar-refractivity contribution in [3.8, 4) is 0 Å². The molecule has 0 amide bonds. The summed E-state index contributed by atoms with van der Waals surface area (Å²) >= 11 is 0. The minimum absolute atomic E-state index is 0. The molecule has 2 aliphatic rings. The van der Waals surface area contributed by atoms with Gasteiger partial charge in [0.05, 0.1) is 18.9 Å². The van der Waals surface area contributed by atoms with Crippen LogP contribution in [0.3, 0.4) is 0 Å². The topological polar surface area (TPSA) is 82.7 Å². The van der Waals surface area contributed by atoms with Crippen LogP contribution in [0.25, 0.3) is 0 Å². The number of carbonyl (C=O) groups excluding carboxylic acids is 1. The van der Waals surface area contributed by atoms with Crippen LogP contribution in [-0.4, -0.2) is 54.9 Å². The number of nitrogens with one attached hydrogen (secondary N) is 1. The number of esters is 1. The third-order valence-corrected chi connectivity index (χ3v) is 6.78. The lowest BCUT2D eigenvalue weighted by Gasteiger charge is -2.15. The zero-order chi connectivity index (χ0) is 23.8. The standard InChI is InChI=1S/C14H19NO2.C13H19N3.2CH4/c1-11-8-15(10-13(11)14(16)17-2)9-12-6-4-3-5-7-12;1-10-7-16(9-12(10)13(14)15)8-11-5-3-2-4-6-11;;/h3-7,11,13H,8-10H2,1-2H3;2-6,10,12H,7-9H2,1H3,(H3,14,15);2*1H4/t11-,13?;10-,12?;;/m11../s1. The Morgan fingerprint density at radius 2 is 1.23 bits per heavy atom. The lowest BCUT2D eigenvalue weighted by molar-refractivity contribution is -0.146. The summed E-state index contributed by atoms with van der Waals surface area (Å²) in [5, 5.41) is 7.54. The van der Waals surface area contributed by atoms with E-state index in [1.54, 1.807) is 0 Å². The van der Waals surface area contributed by atoms with Crippen LogP contribution >= 0.6 is 0 Å². The Balaban J connectivity index is 0.000000332. The second-order valence-electron chi connectivity index (χ2n) is 9.51. The van der Waals surface area contributed by atoms with Gasteiger partial charge in [-0.3, -0.25) is 20.0 Å². The van der Waals surface area contributed by atoms with Gasteiger partial charge in [-0.25, -0.2) is 0 Å². The Labute approximate surface area is 213 Å². The second kappa shape index (κ2) is 14.6. The normalized spacial score (nSPS) is 23.9. The Morgan fingerprint density at radius 1 is 0.829 bits per heavy atom. The minimum Gasteiger partial charge on any atom is -0.469 e. The molecule has 2 unspecified atom stereocenters. The Morgan fingerprint density at radius 3 is 1.60 bits per heavy atom. The molecule has 2 aromatic rings. The molecule has 35 heavy (non-hydrogen) atoms. The summed E-state index contributed by atoms with van der Waals surface area (Å²) in [6.07, 6.45) is 0. The average molecular weight is 483 g/mol. The molecule has 6 nitrogen and oxygen atoms in total. The highest BCUT2D eigenvalue weighted by Crippen LogP contribution is 2.26. The first-order valence-electron chi connectivity index (χ1n) is 11.8. The van der Waals surface area contributed by atoms with Gasteiger partial charge in [0.2, 0.25) is 0 Å². The molecule has 0 aromatic heterocycles. The number of ether oxygens (including phenoxy) is 1. The molecule has 2 fully saturated rings. The first-order valence-corrected chi connectivity index (χ1v) is 11.8. The number of benzene rings is 2. The molecule has 0 aliphatic carbocycles. The molecule has 2 saturated heterocycles. The van der Waals surface area contributed by atoms with E-state index in [9.17, 15) is 4.79 Å². The third-order valence-electron chi connectivity index (χ3n) is 6.78. The molecule has 2 aliphatic heterocycles. The Bertz CT molecular complexity index is 890. The number of amidine groups is 1. The summed E-state index contributed by atoms with van der Waals surface area (Å²) in [5.41, 5.74) is 8.23. The third kappa shape index (κ3) is 8.79. The van der Waals surface area contributed by atoms with Gasteiger partial charge in [-0.15, -0.1) is 0 Å². The number of rotatable bonds is 6. The predicted molar refractivity (Wildman–Crippen MR) is 146 cm³/mol. The van der Waals surface area contributed by atoms with Crippen molar-refractivity contribution in [3.05, 3.63) is 71.8 Å². The second-order valence-corrected chi connectivity index (χ2v) is 9.51. The summed E-state index contributed by atoms with van der Waals surface area (Å²) in [4.78, 5) is 16.3. The number of carbonyl (C=O) groups is 1. The van der Waals surface area contributed by atoms with Gasteiger partial charge in [0.25, 0.3) is 0 Å². The smallest absolute Gasteiger partial charge is 0.310 e. The highest BCUT2D eigenvalue weighted by Gasteiger charge is 2.35. The quantitative estimate of drug-likeness (QED) is 0.348. The summed E-state index contributed by atoms with van der Waals surface area (Å²) in [7, 11) is 1.47. The van der Waals surface area contributed by atoms with E-state index in [0.29, 0.717) is 17.7 Å². The molecule has 4 rings (SSSR count). The van der Waals surface area contributed by atoms with Crippen LogP contribution in [0.1, 0.15) is 39.8 Å². The number of nitrogens with zero attached hydrogens (tertiary/aromatic N) is 2. The van der Waals surface area contributed by atoms with Crippen LogP contribution in [-0.2, 0) is 22.6 Å². The summed E-state index contributed by atoms with van der Waals surface area (Å²) in [5.74, 6) is 1.41. The van der Waals surface area contributed by atoms with Crippen molar-refractivity contribution < 1.29 is 9.53 Å². The molecule has 2 aromatic carbocycles. The first-order chi connectivity index (χ1) is 15.9. The molecule has 6 heteroatoms. The van der Waals surface area contributed by atoms with E-state index in [4.69, 9.17) is 15.9 Å². The van der Waals surface area contributed by atoms with E-state index in [0.717, 1.165) is 39.3 Å². The van der Waals surface area contributed by atoms with Gasteiger partial charge >= 0.3 is 5.97 Å². The van der Waals surface area contributed by atoms with Crippen molar-refractivity contribution >= 4 is 11.8 Å². The number of hydrogen-bond acceptors (Lipinski definition) is 5. The van der Waals surface area contributed by atoms with Crippen molar-refractivity contribution in [2.45, 2.75) is 41.8 Å². The van der Waals surface area contributed by atoms with Crippen LogP contribution in [0.4, 0.5) is 0 Å². The fourth-order valence-electron chi connectivity index (χ4n) is 4.94. The fraction of sp³-hybridized carbons (Fsp3) is 0.517. The van der Waals surface area contributed by atoms with Gasteiger partial charge in [0.15, 0.2) is 0 Å². The van der Waals surface area contributed by atoms with E-state index >= 15 is 0 Å².